The number of halogens is 1. The number of anilines is 1. The van der Waals surface area contributed by atoms with Gasteiger partial charge in [-0.05, 0) is 67.4 Å². The van der Waals surface area contributed by atoms with Gasteiger partial charge < -0.3 is 9.80 Å². The molecule has 3 aromatic rings. The lowest BCUT2D eigenvalue weighted by molar-refractivity contribution is -0.387. The predicted molar refractivity (Wildman–Crippen MR) is 128 cm³/mol. The molecule has 0 spiro atoms. The van der Waals surface area contributed by atoms with Crippen LogP contribution in [0.1, 0.15) is 21.5 Å². The maximum absolute atomic E-state index is 13.1. The van der Waals surface area contributed by atoms with E-state index in [9.17, 15) is 19.3 Å². The van der Waals surface area contributed by atoms with E-state index in [2.05, 4.69) is 30.9 Å². The summed E-state index contributed by atoms with van der Waals surface area (Å²) in [6, 6.07) is 16.5. The lowest BCUT2D eigenvalue weighted by Crippen LogP contribution is -2.49. The van der Waals surface area contributed by atoms with Crippen molar-refractivity contribution in [2.75, 3.05) is 31.1 Å². The molecule has 4 rings (SSSR count). The Bertz CT molecular complexity index is 1190. The summed E-state index contributed by atoms with van der Waals surface area (Å²) in [6.07, 6.45) is 0. The first kappa shape index (κ1) is 22.8. The van der Waals surface area contributed by atoms with Gasteiger partial charge in [0.1, 0.15) is 5.82 Å². The summed E-state index contributed by atoms with van der Waals surface area (Å²) in [6.45, 7) is 6.70. The Labute approximate surface area is 196 Å². The molecule has 0 radical (unpaired) electrons. The Morgan fingerprint density at radius 2 is 1.70 bits per heavy atom. The molecule has 1 aliphatic rings. The van der Waals surface area contributed by atoms with Crippen LogP contribution in [0.15, 0.2) is 70.5 Å². The largest absolute Gasteiger partial charge is 0.368 e. The average molecular weight is 466 g/mol. The molecule has 0 unspecified atom stereocenters. The van der Waals surface area contributed by atoms with Crippen molar-refractivity contribution in [3.8, 4) is 0 Å². The highest BCUT2D eigenvalue weighted by Crippen LogP contribution is 2.35. The number of benzene rings is 3. The third-order valence-electron chi connectivity index (χ3n) is 5.93. The highest BCUT2D eigenvalue weighted by atomic mass is 32.2. The summed E-state index contributed by atoms with van der Waals surface area (Å²) in [5.74, 6) is -0.579. The molecule has 8 heteroatoms. The van der Waals surface area contributed by atoms with Crippen molar-refractivity contribution in [1.29, 1.82) is 0 Å². The van der Waals surface area contributed by atoms with Crippen molar-refractivity contribution in [2.45, 2.75) is 23.6 Å². The first-order chi connectivity index (χ1) is 15.8. The quantitative estimate of drug-likeness (QED) is 0.370. The number of carbonyl (C=O) groups excluding carboxylic acids is 1. The topological polar surface area (TPSA) is 66.7 Å². The molecule has 0 saturated carbocycles. The van der Waals surface area contributed by atoms with Crippen LogP contribution in [0.4, 0.5) is 15.8 Å². The molecule has 1 fully saturated rings. The van der Waals surface area contributed by atoms with E-state index < -0.39 is 4.92 Å². The molecule has 0 atom stereocenters. The van der Waals surface area contributed by atoms with Crippen LogP contribution in [0.5, 0.6) is 0 Å². The number of amides is 1. The molecule has 1 amide bonds. The van der Waals surface area contributed by atoms with Gasteiger partial charge in [0.25, 0.3) is 11.6 Å². The maximum Gasteiger partial charge on any atom is 0.284 e. The zero-order valence-electron chi connectivity index (χ0n) is 18.5. The first-order valence-corrected chi connectivity index (χ1v) is 11.5. The smallest absolute Gasteiger partial charge is 0.284 e. The Hall–Kier alpha value is -3.39. The fourth-order valence-corrected chi connectivity index (χ4v) is 4.82. The van der Waals surface area contributed by atoms with E-state index in [1.54, 1.807) is 29.2 Å². The molecule has 0 N–H and O–H groups in total. The molecule has 33 heavy (non-hydrogen) atoms. The van der Waals surface area contributed by atoms with Crippen LogP contribution in [0, 0.1) is 29.8 Å². The minimum Gasteiger partial charge on any atom is -0.368 e. The zero-order valence-corrected chi connectivity index (χ0v) is 19.3. The SMILES string of the molecule is Cc1cccc(N2CCN(C(=O)c3ccc(Sc4ccc(F)cc4)c([N+](=O)[O-])c3)CC2)c1C. The van der Waals surface area contributed by atoms with E-state index >= 15 is 0 Å². The van der Waals surface area contributed by atoms with Crippen LogP contribution in [0.3, 0.4) is 0 Å². The monoisotopic (exact) mass is 465 g/mol. The molecule has 0 aromatic heterocycles. The highest BCUT2D eigenvalue weighted by Gasteiger charge is 2.25. The van der Waals surface area contributed by atoms with Gasteiger partial charge in [0.05, 0.1) is 9.82 Å². The van der Waals surface area contributed by atoms with Gasteiger partial charge in [-0.25, -0.2) is 4.39 Å². The minimum atomic E-state index is -0.485. The molecule has 0 aliphatic carbocycles. The van der Waals surface area contributed by atoms with Gasteiger partial charge in [-0.1, -0.05) is 23.9 Å². The second kappa shape index (κ2) is 9.62. The van der Waals surface area contributed by atoms with E-state index in [1.165, 1.54) is 46.8 Å². The van der Waals surface area contributed by atoms with Crippen molar-refractivity contribution < 1.29 is 14.1 Å². The number of aryl methyl sites for hydroxylation is 1. The van der Waals surface area contributed by atoms with Gasteiger partial charge in [-0.15, -0.1) is 0 Å². The van der Waals surface area contributed by atoms with Crippen LogP contribution < -0.4 is 4.90 Å². The minimum absolute atomic E-state index is 0.135. The standard InChI is InChI=1S/C25H24FN3O3S/c1-17-4-3-5-22(18(17)2)27-12-14-28(15-13-27)25(30)19-6-11-24(23(16-19)29(31)32)33-21-9-7-20(26)8-10-21/h3-11,16H,12-15H2,1-2H3. The van der Waals surface area contributed by atoms with Crippen LogP contribution in [-0.4, -0.2) is 41.9 Å². The lowest BCUT2D eigenvalue weighted by atomic mass is 10.1. The Morgan fingerprint density at radius 1 is 1.00 bits per heavy atom. The molecular formula is C25H24FN3O3S. The third kappa shape index (κ3) is 5.01. The van der Waals surface area contributed by atoms with Crippen LogP contribution in [0.25, 0.3) is 0 Å². The van der Waals surface area contributed by atoms with E-state index in [-0.39, 0.29) is 17.4 Å². The van der Waals surface area contributed by atoms with Crippen molar-refractivity contribution in [3.63, 3.8) is 0 Å². The summed E-state index contributed by atoms with van der Waals surface area (Å²) >= 11 is 1.17. The lowest BCUT2D eigenvalue weighted by Gasteiger charge is -2.37. The van der Waals surface area contributed by atoms with E-state index in [1.807, 2.05) is 6.07 Å². The maximum atomic E-state index is 13.1. The fourth-order valence-electron chi connectivity index (χ4n) is 3.92. The van der Waals surface area contributed by atoms with E-state index in [4.69, 9.17) is 0 Å². The molecule has 3 aromatic carbocycles. The second-order valence-electron chi connectivity index (χ2n) is 7.99. The van der Waals surface area contributed by atoms with Gasteiger partial charge in [-0.3, -0.25) is 14.9 Å². The van der Waals surface area contributed by atoms with Crippen molar-refractivity contribution >= 4 is 29.0 Å². The van der Waals surface area contributed by atoms with Gasteiger partial charge in [0.2, 0.25) is 0 Å². The molecule has 1 heterocycles. The molecule has 0 bridgehead atoms. The Kier molecular flexibility index (Phi) is 6.65. The number of piperazine rings is 1. The van der Waals surface area contributed by atoms with E-state index in [0.29, 0.717) is 41.5 Å². The number of hydrogen-bond acceptors (Lipinski definition) is 5. The Balaban J connectivity index is 1.48. The average Bonchev–Trinajstić information content (AvgIpc) is 2.82. The predicted octanol–water partition coefficient (Wildman–Crippen LogP) is 5.46. The van der Waals surface area contributed by atoms with Gasteiger partial charge in [0.15, 0.2) is 0 Å². The number of hydrogen-bond donors (Lipinski definition) is 0. The van der Waals surface area contributed by atoms with Crippen molar-refractivity contribution in [2.24, 2.45) is 0 Å². The fraction of sp³-hybridized carbons (Fsp3) is 0.240. The summed E-state index contributed by atoms with van der Waals surface area (Å²) in [5, 5.41) is 11.7. The van der Waals surface area contributed by atoms with Gasteiger partial charge in [-0.2, -0.15) is 0 Å². The van der Waals surface area contributed by atoms with Crippen LogP contribution in [-0.2, 0) is 0 Å². The van der Waals surface area contributed by atoms with E-state index in [0.717, 1.165) is 0 Å². The summed E-state index contributed by atoms with van der Waals surface area (Å²) in [7, 11) is 0. The summed E-state index contributed by atoms with van der Waals surface area (Å²) < 4.78 is 13.1. The molecular weight excluding hydrogens is 441 g/mol. The second-order valence-corrected chi connectivity index (χ2v) is 9.11. The third-order valence-corrected chi connectivity index (χ3v) is 7.00. The first-order valence-electron chi connectivity index (χ1n) is 10.7. The molecule has 1 saturated heterocycles. The summed E-state index contributed by atoms with van der Waals surface area (Å²) in [4.78, 5) is 29.4. The Morgan fingerprint density at radius 3 is 2.36 bits per heavy atom. The molecule has 6 nitrogen and oxygen atoms in total. The highest BCUT2D eigenvalue weighted by molar-refractivity contribution is 7.99. The summed E-state index contributed by atoms with van der Waals surface area (Å²) in [5.41, 5.74) is 3.81. The van der Waals surface area contributed by atoms with Crippen molar-refractivity contribution in [1.82, 2.24) is 4.90 Å². The number of rotatable bonds is 5. The number of carbonyl (C=O) groups is 1. The van der Waals surface area contributed by atoms with Gasteiger partial charge in [0, 0.05) is 48.4 Å². The zero-order chi connectivity index (χ0) is 23.5. The molecule has 170 valence electrons. The van der Waals surface area contributed by atoms with Crippen molar-refractivity contribution in [3.05, 3.63) is 93.3 Å². The number of nitro groups is 1. The normalized spacial score (nSPS) is 13.8. The number of nitro benzene ring substituents is 1. The van der Waals surface area contributed by atoms with Crippen LogP contribution in [0.2, 0.25) is 0 Å². The number of nitrogens with zero attached hydrogens (tertiary/aromatic N) is 3. The van der Waals surface area contributed by atoms with Gasteiger partial charge >= 0.3 is 0 Å². The molecule has 1 aliphatic heterocycles. The van der Waals surface area contributed by atoms with Crippen LogP contribution >= 0.6 is 11.8 Å².